The number of nitrogens with two attached hydrogens (primary N) is 2. The van der Waals surface area contributed by atoms with Crippen molar-refractivity contribution in [3.05, 3.63) is 29.8 Å². The standard InChI is InChI=1S/C13H22N4O/c1-9-6-4-5-7-12(9)16-10(2)17(3)13(18)11(15)8-14/h4-7,10-11,16H,8,14-15H2,1-3H3/t10?,11-/m0/s1. The number of nitrogens with one attached hydrogen (secondary N) is 1. The van der Waals surface area contributed by atoms with Gasteiger partial charge in [0.05, 0.1) is 12.2 Å². The van der Waals surface area contributed by atoms with Crippen molar-refractivity contribution in [2.45, 2.75) is 26.1 Å². The molecule has 5 heteroatoms. The second-order valence-corrected chi connectivity index (χ2v) is 4.43. The van der Waals surface area contributed by atoms with Crippen LogP contribution in [0.3, 0.4) is 0 Å². The Hall–Kier alpha value is -1.59. The Bertz CT molecular complexity index is 408. The third-order valence-corrected chi connectivity index (χ3v) is 3.01. The van der Waals surface area contributed by atoms with Gasteiger partial charge in [-0.05, 0) is 25.5 Å². The minimum Gasteiger partial charge on any atom is -0.365 e. The van der Waals surface area contributed by atoms with Crippen LogP contribution in [0, 0.1) is 6.92 Å². The van der Waals surface area contributed by atoms with Gasteiger partial charge in [-0.1, -0.05) is 18.2 Å². The maximum Gasteiger partial charge on any atom is 0.242 e. The van der Waals surface area contributed by atoms with Crippen molar-refractivity contribution >= 4 is 11.6 Å². The highest BCUT2D eigenvalue weighted by Gasteiger charge is 2.20. The average molecular weight is 250 g/mol. The van der Waals surface area contributed by atoms with Crippen LogP contribution in [-0.2, 0) is 4.79 Å². The minimum absolute atomic E-state index is 0.142. The number of hydrogen-bond acceptors (Lipinski definition) is 4. The summed E-state index contributed by atoms with van der Waals surface area (Å²) in [6, 6.07) is 7.28. The quantitative estimate of drug-likeness (QED) is 0.664. The van der Waals surface area contributed by atoms with Crippen molar-refractivity contribution < 1.29 is 4.79 Å². The lowest BCUT2D eigenvalue weighted by atomic mass is 10.2. The fourth-order valence-corrected chi connectivity index (χ4v) is 1.61. The number of carbonyl (C=O) groups is 1. The number of hydrogen-bond donors (Lipinski definition) is 3. The predicted octanol–water partition coefficient (Wildman–Crippen LogP) is 0.497. The number of anilines is 1. The Morgan fingerprint density at radius 3 is 2.61 bits per heavy atom. The van der Waals surface area contributed by atoms with Crippen molar-refractivity contribution in [2.24, 2.45) is 11.5 Å². The average Bonchev–Trinajstić information content (AvgIpc) is 2.38. The van der Waals surface area contributed by atoms with Gasteiger partial charge in [-0.3, -0.25) is 4.79 Å². The first-order chi connectivity index (χ1) is 8.47. The van der Waals surface area contributed by atoms with E-state index < -0.39 is 6.04 Å². The zero-order valence-corrected chi connectivity index (χ0v) is 11.2. The molecule has 0 bridgehead atoms. The zero-order chi connectivity index (χ0) is 13.7. The predicted molar refractivity (Wildman–Crippen MR) is 74.1 cm³/mol. The first-order valence-corrected chi connectivity index (χ1v) is 6.02. The van der Waals surface area contributed by atoms with Crippen LogP contribution in [0.5, 0.6) is 0 Å². The summed E-state index contributed by atoms with van der Waals surface area (Å²) in [6.45, 7) is 4.08. The largest absolute Gasteiger partial charge is 0.365 e. The molecule has 0 aliphatic heterocycles. The van der Waals surface area contributed by atoms with Gasteiger partial charge in [0.2, 0.25) is 5.91 Å². The lowest BCUT2D eigenvalue weighted by Crippen LogP contribution is -2.50. The van der Waals surface area contributed by atoms with E-state index >= 15 is 0 Å². The van der Waals surface area contributed by atoms with E-state index in [1.54, 1.807) is 11.9 Å². The van der Waals surface area contributed by atoms with Gasteiger partial charge in [0.25, 0.3) is 0 Å². The first kappa shape index (κ1) is 14.5. The molecule has 1 unspecified atom stereocenters. The van der Waals surface area contributed by atoms with Crippen molar-refractivity contribution in [3.8, 4) is 0 Å². The first-order valence-electron chi connectivity index (χ1n) is 6.02. The monoisotopic (exact) mass is 250 g/mol. The topological polar surface area (TPSA) is 84.4 Å². The summed E-state index contributed by atoms with van der Waals surface area (Å²) in [5.74, 6) is -0.161. The van der Waals surface area contributed by atoms with Crippen LogP contribution in [0.25, 0.3) is 0 Å². The molecule has 1 aromatic carbocycles. The molecule has 0 radical (unpaired) electrons. The Balaban J connectivity index is 2.68. The van der Waals surface area contributed by atoms with E-state index in [0.717, 1.165) is 11.3 Å². The number of amides is 1. The minimum atomic E-state index is -0.642. The molecule has 18 heavy (non-hydrogen) atoms. The van der Waals surface area contributed by atoms with Gasteiger partial charge < -0.3 is 21.7 Å². The van der Waals surface area contributed by atoms with Gasteiger partial charge in [-0.25, -0.2) is 0 Å². The number of rotatable bonds is 5. The summed E-state index contributed by atoms with van der Waals surface area (Å²) in [7, 11) is 1.72. The fraction of sp³-hybridized carbons (Fsp3) is 0.462. The molecule has 0 aromatic heterocycles. The lowest BCUT2D eigenvalue weighted by molar-refractivity contribution is -0.132. The third-order valence-electron chi connectivity index (χ3n) is 3.01. The number of benzene rings is 1. The molecule has 1 aromatic rings. The van der Waals surface area contributed by atoms with E-state index in [4.69, 9.17) is 11.5 Å². The second-order valence-electron chi connectivity index (χ2n) is 4.43. The normalized spacial score (nSPS) is 13.8. The van der Waals surface area contributed by atoms with Crippen LogP contribution in [0.4, 0.5) is 5.69 Å². The maximum atomic E-state index is 11.9. The molecule has 0 aliphatic carbocycles. The van der Waals surface area contributed by atoms with E-state index in [1.165, 1.54) is 0 Å². The zero-order valence-electron chi connectivity index (χ0n) is 11.2. The smallest absolute Gasteiger partial charge is 0.242 e. The Morgan fingerprint density at radius 2 is 2.06 bits per heavy atom. The fourth-order valence-electron chi connectivity index (χ4n) is 1.61. The van der Waals surface area contributed by atoms with E-state index in [2.05, 4.69) is 5.32 Å². The molecular weight excluding hydrogens is 228 g/mol. The number of aryl methyl sites for hydroxylation is 1. The number of para-hydroxylation sites is 1. The van der Waals surface area contributed by atoms with Gasteiger partial charge in [-0.15, -0.1) is 0 Å². The molecule has 0 aliphatic rings. The lowest BCUT2D eigenvalue weighted by Gasteiger charge is -2.29. The van der Waals surface area contributed by atoms with E-state index in [1.807, 2.05) is 38.1 Å². The summed E-state index contributed by atoms with van der Waals surface area (Å²) >= 11 is 0. The second kappa shape index (κ2) is 6.37. The van der Waals surface area contributed by atoms with Crippen molar-refractivity contribution in [1.29, 1.82) is 0 Å². The summed E-state index contributed by atoms with van der Waals surface area (Å²) in [5, 5.41) is 3.28. The van der Waals surface area contributed by atoms with Gasteiger partial charge in [0.15, 0.2) is 0 Å². The molecule has 5 N–H and O–H groups in total. The molecule has 0 saturated heterocycles. The van der Waals surface area contributed by atoms with Crippen molar-refractivity contribution in [2.75, 3.05) is 18.9 Å². The van der Waals surface area contributed by atoms with Crippen LogP contribution in [0.1, 0.15) is 12.5 Å². The summed E-state index contributed by atoms with van der Waals surface area (Å²) in [4.78, 5) is 13.4. The van der Waals surface area contributed by atoms with Gasteiger partial charge in [0.1, 0.15) is 0 Å². The summed E-state index contributed by atoms with van der Waals surface area (Å²) in [6.07, 6.45) is -0.142. The summed E-state index contributed by atoms with van der Waals surface area (Å²) < 4.78 is 0. The Morgan fingerprint density at radius 1 is 1.44 bits per heavy atom. The molecule has 0 heterocycles. The molecule has 5 nitrogen and oxygen atoms in total. The third kappa shape index (κ3) is 3.45. The van der Waals surface area contributed by atoms with E-state index in [9.17, 15) is 4.79 Å². The van der Waals surface area contributed by atoms with Crippen LogP contribution < -0.4 is 16.8 Å². The number of carbonyl (C=O) groups excluding carboxylic acids is 1. The Kier molecular flexibility index (Phi) is 5.12. The van der Waals surface area contributed by atoms with Gasteiger partial charge in [0, 0.05) is 19.3 Å². The molecule has 0 saturated carbocycles. The van der Waals surface area contributed by atoms with Crippen LogP contribution >= 0.6 is 0 Å². The highest BCUT2D eigenvalue weighted by molar-refractivity contribution is 5.82. The Labute approximate surface area is 108 Å². The number of likely N-dealkylation sites (N-methyl/N-ethyl adjacent to an activating group) is 1. The van der Waals surface area contributed by atoms with Crippen molar-refractivity contribution in [3.63, 3.8) is 0 Å². The SMILES string of the molecule is Cc1ccccc1NC(C)N(C)C(=O)[C@@H](N)CN. The molecule has 0 fully saturated rings. The molecule has 2 atom stereocenters. The van der Waals surface area contributed by atoms with Crippen LogP contribution in [0.15, 0.2) is 24.3 Å². The molecular formula is C13H22N4O. The van der Waals surface area contributed by atoms with E-state index in [0.29, 0.717) is 0 Å². The molecule has 1 rings (SSSR count). The van der Waals surface area contributed by atoms with Crippen LogP contribution in [-0.4, -0.2) is 36.6 Å². The summed E-state index contributed by atoms with van der Waals surface area (Å²) in [5.41, 5.74) is 13.2. The van der Waals surface area contributed by atoms with Gasteiger partial charge in [-0.2, -0.15) is 0 Å². The van der Waals surface area contributed by atoms with Gasteiger partial charge >= 0.3 is 0 Å². The highest BCUT2D eigenvalue weighted by Crippen LogP contribution is 2.15. The van der Waals surface area contributed by atoms with Crippen molar-refractivity contribution in [1.82, 2.24) is 4.90 Å². The highest BCUT2D eigenvalue weighted by atomic mass is 16.2. The number of nitrogens with zero attached hydrogens (tertiary/aromatic N) is 1. The maximum absolute atomic E-state index is 11.9. The molecule has 100 valence electrons. The molecule has 1 amide bonds. The van der Waals surface area contributed by atoms with E-state index in [-0.39, 0.29) is 18.6 Å². The van der Waals surface area contributed by atoms with Crippen LogP contribution in [0.2, 0.25) is 0 Å². The molecule has 0 spiro atoms.